The summed E-state index contributed by atoms with van der Waals surface area (Å²) < 4.78 is 10.9. The lowest BCUT2D eigenvalue weighted by molar-refractivity contribution is -0.386. The number of thiocarbonyl (C=S) groups is 1. The van der Waals surface area contributed by atoms with Gasteiger partial charge in [0.2, 0.25) is 5.75 Å². The molecule has 9 heteroatoms. The Labute approximate surface area is 192 Å². The van der Waals surface area contributed by atoms with Gasteiger partial charge < -0.3 is 19.7 Å². The lowest BCUT2D eigenvalue weighted by Gasteiger charge is -2.37. The van der Waals surface area contributed by atoms with Crippen LogP contribution in [0.2, 0.25) is 0 Å². The normalized spacial score (nSPS) is 15.9. The summed E-state index contributed by atoms with van der Waals surface area (Å²) in [6.45, 7) is 6.32. The van der Waals surface area contributed by atoms with E-state index in [1.165, 1.54) is 13.2 Å². The minimum atomic E-state index is -0.693. The maximum atomic E-state index is 13.5. The van der Waals surface area contributed by atoms with E-state index in [9.17, 15) is 14.9 Å². The Balaban J connectivity index is 2.23. The van der Waals surface area contributed by atoms with Crippen LogP contribution >= 0.6 is 12.2 Å². The van der Waals surface area contributed by atoms with Crippen molar-refractivity contribution in [3.05, 3.63) is 75.0 Å². The quantitative estimate of drug-likeness (QED) is 0.271. The second-order valence-corrected chi connectivity index (χ2v) is 7.47. The molecule has 2 aromatic rings. The molecule has 3 rings (SSSR count). The standard InChI is InChI=1S/C23H25N3O5S/c1-5-25-14(3)19(21(27)15-10-8-7-9-11-15)20(24-23(25)32)16-12-17(26(28)29)22(31-6-2)18(13-16)30-4/h7-13,20H,5-6H2,1-4H3,(H,24,32). The summed E-state index contributed by atoms with van der Waals surface area (Å²) in [7, 11) is 1.42. The highest BCUT2D eigenvalue weighted by molar-refractivity contribution is 7.80. The zero-order valence-electron chi connectivity index (χ0n) is 18.4. The third kappa shape index (κ3) is 4.29. The Morgan fingerprint density at radius 2 is 1.94 bits per heavy atom. The lowest BCUT2D eigenvalue weighted by Crippen LogP contribution is -2.47. The number of benzene rings is 2. The molecule has 2 aromatic carbocycles. The smallest absolute Gasteiger partial charge is 0.315 e. The largest absolute Gasteiger partial charge is 0.493 e. The summed E-state index contributed by atoms with van der Waals surface area (Å²) in [5, 5.41) is 15.4. The number of nitrogens with zero attached hydrogens (tertiary/aromatic N) is 2. The topological polar surface area (TPSA) is 93.9 Å². The van der Waals surface area contributed by atoms with Crippen LogP contribution in [0.4, 0.5) is 5.69 Å². The molecule has 0 aromatic heterocycles. The number of ether oxygens (including phenoxy) is 2. The number of carbonyl (C=O) groups is 1. The fourth-order valence-corrected chi connectivity index (χ4v) is 4.19. The Hall–Kier alpha value is -3.46. The number of nitrogens with one attached hydrogen (secondary N) is 1. The number of hydrogen-bond acceptors (Lipinski definition) is 6. The minimum absolute atomic E-state index is 0.0500. The Bertz CT molecular complexity index is 1080. The molecule has 168 valence electrons. The molecule has 0 saturated carbocycles. The number of nitro groups is 1. The van der Waals surface area contributed by atoms with Gasteiger partial charge in [0.25, 0.3) is 0 Å². The Morgan fingerprint density at radius 3 is 2.50 bits per heavy atom. The average Bonchev–Trinajstić information content (AvgIpc) is 2.79. The second kappa shape index (κ2) is 9.78. The van der Waals surface area contributed by atoms with Crippen LogP contribution in [0.5, 0.6) is 11.5 Å². The van der Waals surface area contributed by atoms with Crippen LogP contribution in [0.15, 0.2) is 53.7 Å². The van der Waals surface area contributed by atoms with E-state index in [4.69, 9.17) is 21.7 Å². The van der Waals surface area contributed by atoms with Crippen molar-refractivity contribution in [2.45, 2.75) is 26.8 Å². The summed E-state index contributed by atoms with van der Waals surface area (Å²) >= 11 is 5.53. The number of carbonyl (C=O) groups excluding carboxylic acids is 1. The summed E-state index contributed by atoms with van der Waals surface area (Å²) in [4.78, 5) is 26.7. The van der Waals surface area contributed by atoms with Gasteiger partial charge in [-0.15, -0.1) is 0 Å². The number of ketones is 1. The van der Waals surface area contributed by atoms with E-state index in [-0.39, 0.29) is 29.6 Å². The number of Topliss-reactive ketones (excluding diaryl/α,β-unsaturated/α-hetero) is 1. The van der Waals surface area contributed by atoms with Gasteiger partial charge in [-0.3, -0.25) is 14.9 Å². The van der Waals surface area contributed by atoms with Gasteiger partial charge in [-0.25, -0.2) is 0 Å². The van der Waals surface area contributed by atoms with Crippen LogP contribution in [0.25, 0.3) is 0 Å². The van der Waals surface area contributed by atoms with Gasteiger partial charge in [0.1, 0.15) is 0 Å². The maximum Gasteiger partial charge on any atom is 0.315 e. The van der Waals surface area contributed by atoms with E-state index in [1.54, 1.807) is 37.3 Å². The van der Waals surface area contributed by atoms with Crippen molar-refractivity contribution in [3.63, 3.8) is 0 Å². The molecule has 1 unspecified atom stereocenters. The molecule has 0 aliphatic carbocycles. The van der Waals surface area contributed by atoms with Crippen LogP contribution in [0.1, 0.15) is 42.7 Å². The van der Waals surface area contributed by atoms with Crippen molar-refractivity contribution in [3.8, 4) is 11.5 Å². The highest BCUT2D eigenvalue weighted by atomic mass is 32.1. The van der Waals surface area contributed by atoms with Gasteiger partial charge in [-0.1, -0.05) is 30.3 Å². The molecule has 0 bridgehead atoms. The van der Waals surface area contributed by atoms with Crippen molar-refractivity contribution in [1.82, 2.24) is 10.2 Å². The first-order valence-electron chi connectivity index (χ1n) is 10.2. The van der Waals surface area contributed by atoms with Crippen molar-refractivity contribution in [2.75, 3.05) is 20.3 Å². The number of allylic oxidation sites excluding steroid dienone is 1. The minimum Gasteiger partial charge on any atom is -0.493 e. The predicted molar refractivity (Wildman–Crippen MR) is 125 cm³/mol. The van der Waals surface area contributed by atoms with Crippen LogP contribution in [0, 0.1) is 10.1 Å². The van der Waals surface area contributed by atoms with Gasteiger partial charge >= 0.3 is 5.69 Å². The summed E-state index contributed by atoms with van der Waals surface area (Å²) in [5.41, 5.74) is 1.92. The maximum absolute atomic E-state index is 13.5. The van der Waals surface area contributed by atoms with Crippen LogP contribution in [0.3, 0.4) is 0 Å². The third-order valence-corrected chi connectivity index (χ3v) is 5.63. The van der Waals surface area contributed by atoms with Crippen molar-refractivity contribution in [2.24, 2.45) is 0 Å². The summed E-state index contributed by atoms with van der Waals surface area (Å²) in [6, 6.07) is 11.3. The third-order valence-electron chi connectivity index (χ3n) is 5.29. The van der Waals surface area contributed by atoms with E-state index in [0.29, 0.717) is 34.1 Å². The molecule has 1 N–H and O–H groups in total. The zero-order valence-corrected chi connectivity index (χ0v) is 19.2. The van der Waals surface area contributed by atoms with Gasteiger partial charge in [0.05, 0.1) is 24.7 Å². The molecule has 0 saturated heterocycles. The molecule has 1 heterocycles. The Morgan fingerprint density at radius 1 is 1.25 bits per heavy atom. The first-order chi connectivity index (χ1) is 15.3. The average molecular weight is 456 g/mol. The highest BCUT2D eigenvalue weighted by Crippen LogP contribution is 2.42. The zero-order chi connectivity index (χ0) is 23.4. The molecular weight excluding hydrogens is 430 g/mol. The molecule has 1 atom stereocenters. The van der Waals surface area contributed by atoms with E-state index in [1.807, 2.05) is 24.8 Å². The molecule has 8 nitrogen and oxygen atoms in total. The van der Waals surface area contributed by atoms with Gasteiger partial charge in [-0.2, -0.15) is 0 Å². The molecule has 32 heavy (non-hydrogen) atoms. The number of hydrogen-bond donors (Lipinski definition) is 1. The van der Waals surface area contributed by atoms with E-state index in [2.05, 4.69) is 5.32 Å². The highest BCUT2D eigenvalue weighted by Gasteiger charge is 2.35. The molecule has 0 fully saturated rings. The van der Waals surface area contributed by atoms with Crippen LogP contribution in [-0.4, -0.2) is 41.0 Å². The molecule has 1 aliphatic rings. The summed E-state index contributed by atoms with van der Waals surface area (Å²) in [6.07, 6.45) is 0. The van der Waals surface area contributed by atoms with E-state index >= 15 is 0 Å². The monoisotopic (exact) mass is 455 g/mol. The van der Waals surface area contributed by atoms with Crippen LogP contribution < -0.4 is 14.8 Å². The van der Waals surface area contributed by atoms with Crippen molar-refractivity contribution in [1.29, 1.82) is 0 Å². The number of rotatable bonds is 8. The van der Waals surface area contributed by atoms with Gasteiger partial charge in [0, 0.05) is 29.4 Å². The van der Waals surface area contributed by atoms with Crippen LogP contribution in [-0.2, 0) is 0 Å². The van der Waals surface area contributed by atoms with Gasteiger partial charge in [-0.05, 0) is 44.6 Å². The van der Waals surface area contributed by atoms with Crippen molar-refractivity contribution < 1.29 is 19.2 Å². The predicted octanol–water partition coefficient (Wildman–Crippen LogP) is 4.41. The first-order valence-corrected chi connectivity index (χ1v) is 10.6. The first kappa shape index (κ1) is 23.2. The molecule has 0 radical (unpaired) electrons. The number of nitro benzene ring substituents is 1. The molecule has 0 spiro atoms. The summed E-state index contributed by atoms with van der Waals surface area (Å²) in [5.74, 6) is 0.0804. The fraction of sp³-hybridized carbons (Fsp3) is 0.304. The SMILES string of the molecule is CCOc1c(OC)cc(C2NC(=S)N(CC)C(C)=C2C(=O)c2ccccc2)cc1[N+](=O)[O-]. The molecular formula is C23H25N3O5S. The Kier molecular flexibility index (Phi) is 7.09. The molecule has 1 aliphatic heterocycles. The van der Waals surface area contributed by atoms with E-state index < -0.39 is 11.0 Å². The van der Waals surface area contributed by atoms with Gasteiger partial charge in [0.15, 0.2) is 16.6 Å². The fourth-order valence-electron chi connectivity index (χ4n) is 3.80. The lowest BCUT2D eigenvalue weighted by atomic mass is 9.88. The molecule has 0 amide bonds. The number of methoxy groups -OCH3 is 1. The van der Waals surface area contributed by atoms with Crippen molar-refractivity contribution >= 4 is 28.8 Å². The van der Waals surface area contributed by atoms with E-state index in [0.717, 1.165) is 0 Å². The second-order valence-electron chi connectivity index (χ2n) is 7.08.